The van der Waals surface area contributed by atoms with Crippen molar-refractivity contribution in [1.82, 2.24) is 4.98 Å². The van der Waals surface area contributed by atoms with Gasteiger partial charge < -0.3 is 15.5 Å². The molecule has 3 aromatic rings. The van der Waals surface area contributed by atoms with E-state index in [9.17, 15) is 9.59 Å². The Hall–Kier alpha value is -3.08. The van der Waals surface area contributed by atoms with Crippen LogP contribution in [-0.4, -0.2) is 10.9 Å². The van der Waals surface area contributed by atoms with Crippen LogP contribution in [0.1, 0.15) is 10.4 Å². The Bertz CT molecular complexity index is 867. The summed E-state index contributed by atoms with van der Waals surface area (Å²) in [5, 5.41) is 0.802. The van der Waals surface area contributed by atoms with Gasteiger partial charge in [0, 0.05) is 17.0 Å². The highest BCUT2D eigenvalue weighted by Crippen LogP contribution is 2.27. The Balaban J connectivity index is 2.01. The summed E-state index contributed by atoms with van der Waals surface area (Å²) in [6.07, 6.45) is 0. The molecule has 0 atom stereocenters. The Morgan fingerprint density at radius 3 is 2.48 bits per heavy atom. The third-order valence-electron chi connectivity index (χ3n) is 3.08. The Morgan fingerprint density at radius 2 is 1.76 bits per heavy atom. The molecule has 3 N–H and O–H groups in total. The maximum absolute atomic E-state index is 11.6. The van der Waals surface area contributed by atoms with Crippen LogP contribution in [0.5, 0.6) is 11.5 Å². The zero-order chi connectivity index (χ0) is 14.8. The van der Waals surface area contributed by atoms with E-state index in [-0.39, 0.29) is 5.56 Å². The number of aromatic amines is 1. The maximum Gasteiger partial charge on any atom is 0.252 e. The van der Waals surface area contributed by atoms with Crippen molar-refractivity contribution in [3.8, 4) is 11.5 Å². The number of para-hydroxylation sites is 1. The normalized spacial score (nSPS) is 10.5. The molecule has 5 heteroatoms. The van der Waals surface area contributed by atoms with Crippen LogP contribution in [0.15, 0.2) is 59.4 Å². The molecule has 0 aliphatic carbocycles. The highest BCUT2D eigenvalue weighted by molar-refractivity contribution is 5.92. The minimum Gasteiger partial charge on any atom is -0.456 e. The lowest BCUT2D eigenvalue weighted by Crippen LogP contribution is -2.10. The van der Waals surface area contributed by atoms with Gasteiger partial charge in [-0.2, -0.15) is 0 Å². The van der Waals surface area contributed by atoms with Crippen LogP contribution >= 0.6 is 0 Å². The maximum atomic E-state index is 11.6. The molecule has 0 unspecified atom stereocenters. The standard InChI is InChI=1S/C16H12N2O3/c17-16(20)10-5-7-11(8-6-10)21-14-9-15(19)18-13-4-2-1-3-12(13)14/h1-9H,(H2,17,20)(H,18,19). The first-order valence-electron chi connectivity index (χ1n) is 6.33. The molecule has 0 fully saturated rings. The SMILES string of the molecule is NC(=O)c1ccc(Oc2cc(=O)[nH]c3ccccc23)cc1. The number of carbonyl (C=O) groups excluding carboxylic acids is 1. The van der Waals surface area contributed by atoms with E-state index in [0.717, 1.165) is 5.39 Å². The number of nitrogens with two attached hydrogens (primary N) is 1. The molecule has 21 heavy (non-hydrogen) atoms. The van der Waals surface area contributed by atoms with E-state index in [1.165, 1.54) is 6.07 Å². The van der Waals surface area contributed by atoms with Crippen molar-refractivity contribution in [2.45, 2.75) is 0 Å². The van der Waals surface area contributed by atoms with Gasteiger partial charge in [-0.25, -0.2) is 0 Å². The highest BCUT2D eigenvalue weighted by Gasteiger charge is 2.06. The first-order chi connectivity index (χ1) is 10.1. The lowest BCUT2D eigenvalue weighted by atomic mass is 10.2. The number of benzene rings is 2. The minimum absolute atomic E-state index is 0.238. The van der Waals surface area contributed by atoms with Crippen LogP contribution in [0, 0.1) is 0 Å². The third-order valence-corrected chi connectivity index (χ3v) is 3.08. The molecule has 1 heterocycles. The number of rotatable bonds is 3. The van der Waals surface area contributed by atoms with Crippen LogP contribution in [0.3, 0.4) is 0 Å². The van der Waals surface area contributed by atoms with Crippen LogP contribution in [0.2, 0.25) is 0 Å². The zero-order valence-electron chi connectivity index (χ0n) is 11.0. The lowest BCUT2D eigenvalue weighted by Gasteiger charge is -2.08. The molecule has 1 amide bonds. The molecule has 0 aliphatic rings. The monoisotopic (exact) mass is 280 g/mol. The molecular weight excluding hydrogens is 268 g/mol. The van der Waals surface area contributed by atoms with Crippen molar-refractivity contribution in [2.24, 2.45) is 5.73 Å². The fraction of sp³-hybridized carbons (Fsp3) is 0. The summed E-state index contributed by atoms with van der Waals surface area (Å²) >= 11 is 0. The fourth-order valence-electron chi connectivity index (χ4n) is 2.07. The molecule has 2 aromatic carbocycles. The van der Waals surface area contributed by atoms with Gasteiger partial charge >= 0.3 is 0 Å². The van der Waals surface area contributed by atoms with Gasteiger partial charge in [0.05, 0.1) is 5.52 Å². The van der Waals surface area contributed by atoms with Gasteiger partial charge in [0.1, 0.15) is 11.5 Å². The molecule has 0 spiro atoms. The van der Waals surface area contributed by atoms with Crippen molar-refractivity contribution in [1.29, 1.82) is 0 Å². The van der Waals surface area contributed by atoms with E-state index in [1.807, 2.05) is 18.2 Å². The number of nitrogens with one attached hydrogen (secondary N) is 1. The Labute approximate surface area is 120 Å². The number of amides is 1. The molecule has 104 valence electrons. The second-order valence-corrected chi connectivity index (χ2v) is 4.53. The van der Waals surface area contributed by atoms with Crippen LogP contribution in [0.25, 0.3) is 10.9 Å². The number of fused-ring (bicyclic) bond motifs is 1. The van der Waals surface area contributed by atoms with Crippen molar-refractivity contribution >= 4 is 16.8 Å². The number of pyridine rings is 1. The highest BCUT2D eigenvalue weighted by atomic mass is 16.5. The molecular formula is C16H12N2O3. The van der Waals surface area contributed by atoms with Gasteiger partial charge in [-0.05, 0) is 36.4 Å². The smallest absolute Gasteiger partial charge is 0.252 e. The summed E-state index contributed by atoms with van der Waals surface area (Å²) in [5.41, 5.74) is 6.05. The lowest BCUT2D eigenvalue weighted by molar-refractivity contribution is 0.100. The van der Waals surface area contributed by atoms with Crippen molar-refractivity contribution in [2.75, 3.05) is 0 Å². The molecule has 5 nitrogen and oxygen atoms in total. The van der Waals surface area contributed by atoms with Crippen LogP contribution in [-0.2, 0) is 0 Å². The minimum atomic E-state index is -0.497. The van der Waals surface area contributed by atoms with Crippen molar-refractivity contribution < 1.29 is 9.53 Å². The summed E-state index contributed by atoms with van der Waals surface area (Å²) < 4.78 is 5.74. The fourth-order valence-corrected chi connectivity index (χ4v) is 2.07. The first-order valence-corrected chi connectivity index (χ1v) is 6.33. The van der Waals surface area contributed by atoms with E-state index in [2.05, 4.69) is 4.98 Å². The van der Waals surface area contributed by atoms with Crippen molar-refractivity contribution in [3.63, 3.8) is 0 Å². The number of H-pyrrole nitrogens is 1. The largest absolute Gasteiger partial charge is 0.456 e. The first kappa shape index (κ1) is 12.9. The molecule has 0 radical (unpaired) electrons. The number of ether oxygens (including phenoxy) is 1. The topological polar surface area (TPSA) is 85.2 Å². The second kappa shape index (κ2) is 5.13. The van der Waals surface area contributed by atoms with E-state index >= 15 is 0 Å². The predicted molar refractivity (Wildman–Crippen MR) is 79.6 cm³/mol. The number of carbonyl (C=O) groups is 1. The van der Waals surface area contributed by atoms with Gasteiger partial charge in [0.25, 0.3) is 5.56 Å². The average Bonchev–Trinajstić information content (AvgIpc) is 2.47. The molecule has 0 saturated heterocycles. The van der Waals surface area contributed by atoms with Gasteiger partial charge in [-0.1, -0.05) is 12.1 Å². The van der Waals surface area contributed by atoms with E-state index < -0.39 is 5.91 Å². The Morgan fingerprint density at radius 1 is 1.05 bits per heavy atom. The number of primary amides is 1. The van der Waals surface area contributed by atoms with E-state index in [4.69, 9.17) is 10.5 Å². The summed E-state index contributed by atoms with van der Waals surface area (Å²) in [6, 6.07) is 15.2. The molecule has 0 aliphatic heterocycles. The van der Waals surface area contributed by atoms with Gasteiger partial charge in [0.15, 0.2) is 0 Å². The average molecular weight is 280 g/mol. The van der Waals surface area contributed by atoms with Gasteiger partial charge in [-0.15, -0.1) is 0 Å². The summed E-state index contributed by atoms with van der Waals surface area (Å²) in [6.45, 7) is 0. The Kier molecular flexibility index (Phi) is 3.16. The zero-order valence-corrected chi connectivity index (χ0v) is 11.0. The van der Waals surface area contributed by atoms with Gasteiger partial charge in [0.2, 0.25) is 5.91 Å². The molecule has 3 rings (SSSR count). The quantitative estimate of drug-likeness (QED) is 0.772. The summed E-state index contributed by atoms with van der Waals surface area (Å²) in [4.78, 5) is 25.4. The number of hydrogen-bond donors (Lipinski definition) is 2. The van der Waals surface area contributed by atoms with E-state index in [0.29, 0.717) is 22.6 Å². The number of aromatic nitrogens is 1. The third kappa shape index (κ3) is 2.62. The van der Waals surface area contributed by atoms with Crippen LogP contribution in [0.4, 0.5) is 0 Å². The van der Waals surface area contributed by atoms with Gasteiger partial charge in [-0.3, -0.25) is 9.59 Å². The predicted octanol–water partition coefficient (Wildman–Crippen LogP) is 2.42. The molecule has 0 bridgehead atoms. The van der Waals surface area contributed by atoms with E-state index in [1.54, 1.807) is 30.3 Å². The molecule has 0 saturated carbocycles. The summed E-state index contributed by atoms with van der Waals surface area (Å²) in [7, 11) is 0. The second-order valence-electron chi connectivity index (χ2n) is 4.53. The summed E-state index contributed by atoms with van der Waals surface area (Å²) in [5.74, 6) is 0.486. The number of hydrogen-bond acceptors (Lipinski definition) is 3. The van der Waals surface area contributed by atoms with Crippen LogP contribution < -0.4 is 16.0 Å². The van der Waals surface area contributed by atoms with Crippen molar-refractivity contribution in [3.05, 3.63) is 70.5 Å². The molecule has 1 aromatic heterocycles.